The molecule has 16 heavy (non-hydrogen) atoms. The second kappa shape index (κ2) is 5.21. The number of aryl methyl sites for hydroxylation is 1. The number of nitrogens with one attached hydrogen (secondary N) is 1. The first-order valence-electron chi connectivity index (χ1n) is 5.93. The minimum absolute atomic E-state index is 0.179. The maximum atomic E-state index is 8.73. The summed E-state index contributed by atoms with van der Waals surface area (Å²) in [6, 6.07) is 6.68. The molecule has 0 fully saturated rings. The van der Waals surface area contributed by atoms with Crippen molar-refractivity contribution in [3.63, 3.8) is 0 Å². The molecule has 1 aromatic carbocycles. The van der Waals surface area contributed by atoms with Gasteiger partial charge in [0.05, 0.1) is 12.3 Å². The lowest BCUT2D eigenvalue weighted by atomic mass is 9.98. The van der Waals surface area contributed by atoms with Gasteiger partial charge in [-0.1, -0.05) is 12.1 Å². The molecule has 0 saturated carbocycles. The molecule has 3 nitrogen and oxygen atoms in total. The number of para-hydroxylation sites is 1. The topological polar surface area (TPSA) is 41.5 Å². The van der Waals surface area contributed by atoms with Crippen LogP contribution < -0.4 is 10.1 Å². The van der Waals surface area contributed by atoms with Crippen LogP contribution in [0.3, 0.4) is 0 Å². The van der Waals surface area contributed by atoms with Gasteiger partial charge in [-0.3, -0.25) is 0 Å². The molecule has 1 aliphatic rings. The van der Waals surface area contributed by atoms with Crippen molar-refractivity contribution < 1.29 is 9.84 Å². The summed E-state index contributed by atoms with van der Waals surface area (Å²) in [5.41, 5.74) is 2.47. The molecule has 3 heteroatoms. The summed E-state index contributed by atoms with van der Waals surface area (Å²) < 4.78 is 5.67. The lowest BCUT2D eigenvalue weighted by molar-refractivity contribution is 0.234. The van der Waals surface area contributed by atoms with Crippen molar-refractivity contribution in [2.45, 2.75) is 32.2 Å². The molecule has 0 radical (unpaired) electrons. The van der Waals surface area contributed by atoms with E-state index in [9.17, 15) is 0 Å². The van der Waals surface area contributed by atoms with Crippen molar-refractivity contribution in [3.8, 4) is 5.75 Å². The van der Waals surface area contributed by atoms with Crippen molar-refractivity contribution in [1.82, 2.24) is 0 Å². The van der Waals surface area contributed by atoms with E-state index in [1.807, 2.05) is 12.1 Å². The second-order valence-electron chi connectivity index (χ2n) is 4.30. The number of aliphatic hydroxyl groups excluding tert-OH is 1. The molecule has 0 spiro atoms. The molecule has 0 aliphatic carbocycles. The van der Waals surface area contributed by atoms with Gasteiger partial charge in [-0.05, 0) is 31.4 Å². The first-order valence-corrected chi connectivity index (χ1v) is 5.93. The van der Waals surface area contributed by atoms with Gasteiger partial charge in [0.25, 0.3) is 0 Å². The molecule has 0 saturated heterocycles. The third kappa shape index (κ3) is 2.47. The summed E-state index contributed by atoms with van der Waals surface area (Å²) in [7, 11) is 0. The molecule has 1 atom stereocenters. The van der Waals surface area contributed by atoms with E-state index in [2.05, 4.69) is 18.3 Å². The molecule has 1 unspecified atom stereocenters. The first kappa shape index (κ1) is 11.3. The van der Waals surface area contributed by atoms with E-state index in [0.717, 1.165) is 17.9 Å². The largest absolute Gasteiger partial charge is 0.491 e. The van der Waals surface area contributed by atoms with Gasteiger partial charge in [-0.15, -0.1) is 0 Å². The van der Waals surface area contributed by atoms with Crippen LogP contribution in [-0.2, 0) is 6.42 Å². The van der Waals surface area contributed by atoms with Crippen LogP contribution in [-0.4, -0.2) is 24.4 Å². The van der Waals surface area contributed by atoms with Crippen LogP contribution in [0, 0.1) is 0 Å². The Labute approximate surface area is 96.4 Å². The summed E-state index contributed by atoms with van der Waals surface area (Å²) in [6.07, 6.45) is 2.97. The van der Waals surface area contributed by atoms with Crippen LogP contribution in [0.2, 0.25) is 0 Å². The molecule has 0 amide bonds. The van der Waals surface area contributed by atoms with E-state index < -0.39 is 0 Å². The predicted molar refractivity (Wildman–Crippen MR) is 65.0 cm³/mol. The molecule has 2 N–H and O–H groups in total. The number of ether oxygens (including phenoxy) is 1. The van der Waals surface area contributed by atoms with E-state index in [1.165, 1.54) is 12.0 Å². The van der Waals surface area contributed by atoms with Crippen molar-refractivity contribution in [3.05, 3.63) is 23.8 Å². The van der Waals surface area contributed by atoms with Gasteiger partial charge in [0.15, 0.2) is 0 Å². The number of hydrogen-bond acceptors (Lipinski definition) is 3. The normalized spacial score (nSPS) is 18.8. The minimum atomic E-state index is 0.179. The van der Waals surface area contributed by atoms with E-state index in [0.29, 0.717) is 19.1 Å². The van der Waals surface area contributed by atoms with E-state index >= 15 is 0 Å². The van der Waals surface area contributed by atoms with Crippen LogP contribution in [0.15, 0.2) is 18.2 Å². The molecular weight excluding hydrogens is 202 g/mol. The highest BCUT2D eigenvalue weighted by Crippen LogP contribution is 2.33. The smallest absolute Gasteiger partial charge is 0.142 e. The fraction of sp³-hybridized carbons (Fsp3) is 0.538. The van der Waals surface area contributed by atoms with E-state index in [4.69, 9.17) is 9.84 Å². The van der Waals surface area contributed by atoms with Gasteiger partial charge in [0.1, 0.15) is 5.75 Å². The fourth-order valence-electron chi connectivity index (χ4n) is 2.01. The number of aliphatic hydroxyl groups is 1. The maximum Gasteiger partial charge on any atom is 0.142 e. The van der Waals surface area contributed by atoms with Gasteiger partial charge in [-0.25, -0.2) is 0 Å². The lowest BCUT2D eigenvalue weighted by Crippen LogP contribution is -2.22. The van der Waals surface area contributed by atoms with Crippen molar-refractivity contribution in [1.29, 1.82) is 0 Å². The SMILES string of the molecule is CC1CCc2cccc(OCCCO)c2N1. The van der Waals surface area contributed by atoms with Crippen molar-refractivity contribution in [2.75, 3.05) is 18.5 Å². The Morgan fingerprint density at radius 2 is 2.38 bits per heavy atom. The van der Waals surface area contributed by atoms with Crippen molar-refractivity contribution in [2.24, 2.45) is 0 Å². The monoisotopic (exact) mass is 221 g/mol. The number of hydrogen-bond donors (Lipinski definition) is 2. The molecule has 1 heterocycles. The standard InChI is InChI=1S/C13H19NO2/c1-10-6-7-11-4-2-5-12(13(11)14-10)16-9-3-8-15/h2,4-5,10,14-15H,3,6-9H2,1H3. The highest BCUT2D eigenvalue weighted by Gasteiger charge is 2.17. The Hall–Kier alpha value is -1.22. The summed E-state index contributed by atoms with van der Waals surface area (Å²) >= 11 is 0. The Kier molecular flexibility index (Phi) is 3.67. The van der Waals surface area contributed by atoms with Gasteiger partial charge in [-0.2, -0.15) is 0 Å². The Balaban J connectivity index is 2.12. The molecule has 0 bridgehead atoms. The maximum absolute atomic E-state index is 8.73. The van der Waals surface area contributed by atoms with Crippen LogP contribution in [0.25, 0.3) is 0 Å². The Morgan fingerprint density at radius 1 is 1.50 bits per heavy atom. The second-order valence-corrected chi connectivity index (χ2v) is 4.30. The molecular formula is C13H19NO2. The van der Waals surface area contributed by atoms with Crippen LogP contribution in [0.5, 0.6) is 5.75 Å². The number of rotatable bonds is 4. The van der Waals surface area contributed by atoms with Crippen LogP contribution >= 0.6 is 0 Å². The molecule has 1 aromatic rings. The van der Waals surface area contributed by atoms with E-state index in [1.54, 1.807) is 0 Å². The highest BCUT2D eigenvalue weighted by atomic mass is 16.5. The summed E-state index contributed by atoms with van der Waals surface area (Å²) in [5.74, 6) is 0.914. The number of anilines is 1. The van der Waals surface area contributed by atoms with E-state index in [-0.39, 0.29) is 6.61 Å². The average Bonchev–Trinajstić information content (AvgIpc) is 2.30. The first-order chi connectivity index (χ1) is 7.81. The lowest BCUT2D eigenvalue weighted by Gasteiger charge is -2.26. The zero-order valence-corrected chi connectivity index (χ0v) is 9.70. The molecule has 2 rings (SSSR count). The number of benzene rings is 1. The summed E-state index contributed by atoms with van der Waals surface area (Å²) in [6.45, 7) is 2.94. The third-order valence-electron chi connectivity index (χ3n) is 2.91. The zero-order chi connectivity index (χ0) is 11.4. The van der Waals surface area contributed by atoms with Gasteiger partial charge >= 0.3 is 0 Å². The molecule has 88 valence electrons. The van der Waals surface area contributed by atoms with Gasteiger partial charge < -0.3 is 15.2 Å². The Morgan fingerprint density at radius 3 is 3.19 bits per heavy atom. The molecule has 1 aliphatic heterocycles. The molecule has 0 aromatic heterocycles. The highest BCUT2D eigenvalue weighted by molar-refractivity contribution is 5.63. The predicted octanol–water partition coefficient (Wildman–Crippen LogP) is 2.19. The number of fused-ring (bicyclic) bond motifs is 1. The van der Waals surface area contributed by atoms with Crippen molar-refractivity contribution >= 4 is 5.69 Å². The Bertz CT molecular complexity index is 352. The average molecular weight is 221 g/mol. The fourth-order valence-corrected chi connectivity index (χ4v) is 2.01. The van der Waals surface area contributed by atoms with Gasteiger partial charge in [0, 0.05) is 19.1 Å². The van der Waals surface area contributed by atoms with Crippen LogP contribution in [0.1, 0.15) is 25.3 Å². The zero-order valence-electron chi connectivity index (χ0n) is 9.70. The van der Waals surface area contributed by atoms with Gasteiger partial charge in [0.2, 0.25) is 0 Å². The van der Waals surface area contributed by atoms with Crippen LogP contribution in [0.4, 0.5) is 5.69 Å². The summed E-state index contributed by atoms with van der Waals surface area (Å²) in [4.78, 5) is 0. The summed E-state index contributed by atoms with van der Waals surface area (Å²) in [5, 5.41) is 12.2. The minimum Gasteiger partial charge on any atom is -0.491 e. The third-order valence-corrected chi connectivity index (χ3v) is 2.91. The quantitative estimate of drug-likeness (QED) is 0.766.